The first-order valence-electron chi connectivity index (χ1n) is 6.35. The van der Waals surface area contributed by atoms with Crippen molar-refractivity contribution < 1.29 is 4.74 Å². The Morgan fingerprint density at radius 1 is 0.905 bits per heavy atom. The maximum absolute atomic E-state index is 6.07. The number of para-hydroxylation sites is 1. The van der Waals surface area contributed by atoms with E-state index in [4.69, 9.17) is 22.1 Å². The Morgan fingerprint density at radius 2 is 1.62 bits per heavy atom. The second-order valence-corrected chi connectivity index (χ2v) is 4.76. The van der Waals surface area contributed by atoms with Gasteiger partial charge in [-0.2, -0.15) is 4.98 Å². The highest BCUT2D eigenvalue weighted by Crippen LogP contribution is 2.29. The van der Waals surface area contributed by atoms with E-state index in [0.29, 0.717) is 28.3 Å². The molecular formula is C16H12ClN3O. The molecule has 2 N–H and O–H groups in total. The van der Waals surface area contributed by atoms with Gasteiger partial charge < -0.3 is 10.5 Å². The first-order valence-corrected chi connectivity index (χ1v) is 6.72. The largest absolute Gasteiger partial charge is 0.437 e. The van der Waals surface area contributed by atoms with E-state index in [9.17, 15) is 0 Å². The van der Waals surface area contributed by atoms with Crippen LogP contribution in [0.4, 0.5) is 5.82 Å². The van der Waals surface area contributed by atoms with Crippen molar-refractivity contribution in [2.24, 2.45) is 0 Å². The molecular weight excluding hydrogens is 286 g/mol. The van der Waals surface area contributed by atoms with Gasteiger partial charge >= 0.3 is 0 Å². The second kappa shape index (κ2) is 5.81. The van der Waals surface area contributed by atoms with Gasteiger partial charge in [-0.1, -0.05) is 54.1 Å². The van der Waals surface area contributed by atoms with E-state index in [1.54, 1.807) is 18.2 Å². The van der Waals surface area contributed by atoms with Crippen LogP contribution in [0, 0.1) is 0 Å². The van der Waals surface area contributed by atoms with Crippen molar-refractivity contribution >= 4 is 17.4 Å². The lowest BCUT2D eigenvalue weighted by molar-refractivity contribution is 0.463. The Kier molecular flexibility index (Phi) is 3.71. The number of nitrogens with zero attached hydrogens (tertiary/aromatic N) is 2. The molecule has 0 fully saturated rings. The van der Waals surface area contributed by atoms with Crippen molar-refractivity contribution in [3.8, 4) is 23.0 Å². The third-order valence-corrected chi connectivity index (χ3v) is 3.12. The molecule has 0 unspecified atom stereocenters. The topological polar surface area (TPSA) is 61.0 Å². The second-order valence-electron chi connectivity index (χ2n) is 4.35. The molecule has 0 saturated carbocycles. The van der Waals surface area contributed by atoms with Gasteiger partial charge in [0.2, 0.25) is 5.88 Å². The van der Waals surface area contributed by atoms with Crippen LogP contribution in [0.15, 0.2) is 60.7 Å². The maximum atomic E-state index is 6.07. The van der Waals surface area contributed by atoms with Gasteiger partial charge in [0.1, 0.15) is 11.6 Å². The van der Waals surface area contributed by atoms with Gasteiger partial charge in [-0.15, -0.1) is 0 Å². The van der Waals surface area contributed by atoms with Crippen molar-refractivity contribution in [3.05, 3.63) is 65.7 Å². The summed E-state index contributed by atoms with van der Waals surface area (Å²) in [7, 11) is 0. The highest BCUT2D eigenvalue weighted by molar-refractivity contribution is 6.32. The van der Waals surface area contributed by atoms with Crippen LogP contribution in [0.25, 0.3) is 11.4 Å². The zero-order valence-electron chi connectivity index (χ0n) is 11.0. The highest BCUT2D eigenvalue weighted by Gasteiger charge is 2.08. The zero-order chi connectivity index (χ0) is 14.7. The normalized spacial score (nSPS) is 10.3. The summed E-state index contributed by atoms with van der Waals surface area (Å²) >= 11 is 6.07. The molecule has 21 heavy (non-hydrogen) atoms. The summed E-state index contributed by atoms with van der Waals surface area (Å²) in [5.41, 5.74) is 6.69. The van der Waals surface area contributed by atoms with Crippen LogP contribution >= 0.6 is 11.6 Å². The van der Waals surface area contributed by atoms with Gasteiger partial charge in [-0.05, 0) is 12.1 Å². The Morgan fingerprint density at radius 3 is 2.38 bits per heavy atom. The molecule has 0 spiro atoms. The fourth-order valence-corrected chi connectivity index (χ4v) is 2.03. The average molecular weight is 298 g/mol. The summed E-state index contributed by atoms with van der Waals surface area (Å²) < 4.78 is 5.69. The molecule has 0 saturated heterocycles. The van der Waals surface area contributed by atoms with Gasteiger partial charge in [0.25, 0.3) is 0 Å². The van der Waals surface area contributed by atoms with Gasteiger partial charge in [0.15, 0.2) is 5.82 Å². The number of nitrogen functional groups attached to an aromatic ring is 1. The van der Waals surface area contributed by atoms with E-state index in [2.05, 4.69) is 9.97 Å². The van der Waals surface area contributed by atoms with E-state index in [1.165, 1.54) is 0 Å². The molecule has 0 aliphatic rings. The van der Waals surface area contributed by atoms with Crippen LogP contribution in [0.2, 0.25) is 5.02 Å². The van der Waals surface area contributed by atoms with Crippen LogP contribution in [0.1, 0.15) is 0 Å². The molecule has 0 amide bonds. The Hall–Kier alpha value is -2.59. The van der Waals surface area contributed by atoms with E-state index in [0.717, 1.165) is 5.56 Å². The predicted molar refractivity (Wildman–Crippen MR) is 83.4 cm³/mol. The maximum Gasteiger partial charge on any atom is 0.225 e. The fraction of sp³-hybridized carbons (Fsp3) is 0. The van der Waals surface area contributed by atoms with Crippen molar-refractivity contribution in [1.82, 2.24) is 9.97 Å². The van der Waals surface area contributed by atoms with Crippen LogP contribution in [0.3, 0.4) is 0 Å². The van der Waals surface area contributed by atoms with Crippen LogP contribution in [0.5, 0.6) is 11.6 Å². The lowest BCUT2D eigenvalue weighted by Crippen LogP contribution is -1.98. The van der Waals surface area contributed by atoms with Gasteiger partial charge in [0.05, 0.1) is 5.02 Å². The summed E-state index contributed by atoms with van der Waals surface area (Å²) in [5.74, 6) is 1.73. The summed E-state index contributed by atoms with van der Waals surface area (Å²) in [5, 5.41) is 0.510. The quantitative estimate of drug-likeness (QED) is 0.788. The van der Waals surface area contributed by atoms with E-state index >= 15 is 0 Å². The van der Waals surface area contributed by atoms with Crippen LogP contribution in [-0.4, -0.2) is 9.97 Å². The fourth-order valence-electron chi connectivity index (χ4n) is 1.85. The van der Waals surface area contributed by atoms with Gasteiger partial charge in [-0.25, -0.2) is 4.98 Å². The standard InChI is InChI=1S/C16H12ClN3O/c17-12-8-4-5-9-13(12)21-15-10-14(18)19-16(20-15)11-6-2-1-3-7-11/h1-10H,(H2,18,19,20). The molecule has 0 atom stereocenters. The molecule has 0 aliphatic carbocycles. The molecule has 3 rings (SSSR count). The van der Waals surface area contributed by atoms with Crippen molar-refractivity contribution in [1.29, 1.82) is 0 Å². The minimum absolute atomic E-state index is 0.339. The molecule has 2 aromatic carbocycles. The highest BCUT2D eigenvalue weighted by atomic mass is 35.5. The summed E-state index contributed by atoms with van der Waals surface area (Å²) in [6.07, 6.45) is 0. The molecule has 4 nitrogen and oxygen atoms in total. The SMILES string of the molecule is Nc1cc(Oc2ccccc2Cl)nc(-c2ccccc2)n1. The molecule has 104 valence electrons. The minimum atomic E-state index is 0.339. The first-order chi connectivity index (χ1) is 10.2. The number of hydrogen-bond donors (Lipinski definition) is 1. The summed E-state index contributed by atoms with van der Waals surface area (Å²) in [4.78, 5) is 8.59. The molecule has 0 radical (unpaired) electrons. The zero-order valence-corrected chi connectivity index (χ0v) is 11.8. The molecule has 1 heterocycles. The number of halogens is 1. The smallest absolute Gasteiger partial charge is 0.225 e. The number of aromatic nitrogens is 2. The van der Waals surface area contributed by atoms with Gasteiger partial charge in [0, 0.05) is 11.6 Å². The van der Waals surface area contributed by atoms with Crippen molar-refractivity contribution in [2.75, 3.05) is 5.73 Å². The third kappa shape index (κ3) is 3.12. The molecule has 0 bridgehead atoms. The van der Waals surface area contributed by atoms with Crippen molar-refractivity contribution in [2.45, 2.75) is 0 Å². The lowest BCUT2D eigenvalue weighted by atomic mass is 10.2. The molecule has 3 aromatic rings. The predicted octanol–water partition coefficient (Wildman–Crippen LogP) is 4.17. The summed E-state index contributed by atoms with van der Waals surface area (Å²) in [6.45, 7) is 0. The average Bonchev–Trinajstić information content (AvgIpc) is 2.50. The Bertz CT molecular complexity index is 762. The number of benzene rings is 2. The monoisotopic (exact) mass is 297 g/mol. The van der Waals surface area contributed by atoms with Crippen LogP contribution in [-0.2, 0) is 0 Å². The van der Waals surface area contributed by atoms with E-state index in [-0.39, 0.29) is 0 Å². The Labute approximate surface area is 127 Å². The molecule has 0 aliphatic heterocycles. The number of anilines is 1. The summed E-state index contributed by atoms with van der Waals surface area (Å²) in [6, 6.07) is 18.3. The van der Waals surface area contributed by atoms with E-state index < -0.39 is 0 Å². The first kappa shape index (κ1) is 13.4. The molecule has 1 aromatic heterocycles. The lowest BCUT2D eigenvalue weighted by Gasteiger charge is -2.08. The number of hydrogen-bond acceptors (Lipinski definition) is 4. The molecule has 5 heteroatoms. The van der Waals surface area contributed by atoms with E-state index in [1.807, 2.05) is 42.5 Å². The number of rotatable bonds is 3. The number of nitrogens with two attached hydrogens (primary N) is 1. The van der Waals surface area contributed by atoms with Crippen LogP contribution < -0.4 is 10.5 Å². The minimum Gasteiger partial charge on any atom is -0.437 e. The third-order valence-electron chi connectivity index (χ3n) is 2.81. The number of ether oxygens (including phenoxy) is 1. The van der Waals surface area contributed by atoms with Crippen molar-refractivity contribution in [3.63, 3.8) is 0 Å². The Balaban J connectivity index is 1.97. The van der Waals surface area contributed by atoms with Gasteiger partial charge in [-0.3, -0.25) is 0 Å².